The van der Waals surface area contributed by atoms with Gasteiger partial charge in [-0.15, -0.1) is 6.58 Å². The Morgan fingerprint density at radius 3 is 2.23 bits per heavy atom. The van der Waals surface area contributed by atoms with E-state index in [0.717, 1.165) is 0 Å². The third kappa shape index (κ3) is 4.73. The topological polar surface area (TPSA) is 87.7 Å². The molecular formula is C16H28N2O4. The van der Waals surface area contributed by atoms with Crippen LogP contribution < -0.4 is 10.6 Å². The van der Waals surface area contributed by atoms with Gasteiger partial charge in [-0.3, -0.25) is 4.79 Å². The monoisotopic (exact) mass is 312 g/mol. The molecule has 126 valence electrons. The molecule has 1 aliphatic rings. The number of alkyl carbamates (subject to hydrolysis) is 1. The van der Waals surface area contributed by atoms with Crippen molar-refractivity contribution in [3.8, 4) is 0 Å². The van der Waals surface area contributed by atoms with Crippen LogP contribution in [0.1, 0.15) is 48.0 Å². The molecule has 3 N–H and O–H groups in total. The lowest BCUT2D eigenvalue weighted by atomic mass is 10.0. The molecular weight excluding hydrogens is 284 g/mol. The molecule has 0 aromatic rings. The van der Waals surface area contributed by atoms with E-state index in [1.54, 1.807) is 26.8 Å². The summed E-state index contributed by atoms with van der Waals surface area (Å²) in [6.45, 7) is 14.4. The van der Waals surface area contributed by atoms with Gasteiger partial charge in [-0.25, -0.2) is 4.79 Å². The smallest absolute Gasteiger partial charge is 0.408 e. The molecule has 0 aromatic carbocycles. The van der Waals surface area contributed by atoms with Crippen molar-refractivity contribution < 1.29 is 19.4 Å². The van der Waals surface area contributed by atoms with Gasteiger partial charge >= 0.3 is 6.09 Å². The Morgan fingerprint density at radius 2 is 1.86 bits per heavy atom. The van der Waals surface area contributed by atoms with Gasteiger partial charge in [0.05, 0.1) is 5.54 Å². The van der Waals surface area contributed by atoms with Crippen LogP contribution >= 0.6 is 0 Å². The van der Waals surface area contributed by atoms with Crippen molar-refractivity contribution in [2.45, 2.75) is 70.7 Å². The van der Waals surface area contributed by atoms with Gasteiger partial charge in [0.25, 0.3) is 5.91 Å². The summed E-state index contributed by atoms with van der Waals surface area (Å²) in [6, 6.07) is 0. The maximum atomic E-state index is 12.2. The van der Waals surface area contributed by atoms with Gasteiger partial charge in [0.1, 0.15) is 5.60 Å². The highest BCUT2D eigenvalue weighted by atomic mass is 16.6. The van der Waals surface area contributed by atoms with Gasteiger partial charge < -0.3 is 20.5 Å². The summed E-state index contributed by atoms with van der Waals surface area (Å²) in [6.07, 6.45) is 0.0705. The molecule has 0 heterocycles. The van der Waals surface area contributed by atoms with Crippen molar-refractivity contribution in [1.29, 1.82) is 0 Å². The second-order valence-electron chi connectivity index (χ2n) is 7.86. The lowest BCUT2D eigenvalue weighted by Gasteiger charge is -2.29. The van der Waals surface area contributed by atoms with E-state index in [1.165, 1.54) is 0 Å². The molecule has 6 nitrogen and oxygen atoms in total. The van der Waals surface area contributed by atoms with E-state index < -0.39 is 34.8 Å². The zero-order valence-corrected chi connectivity index (χ0v) is 14.3. The molecule has 0 spiro atoms. The third-order valence-electron chi connectivity index (χ3n) is 3.31. The Balaban J connectivity index is 2.82. The Kier molecular flexibility index (Phi) is 4.97. The summed E-state index contributed by atoms with van der Waals surface area (Å²) in [5, 5.41) is 15.8. The minimum absolute atomic E-state index is 0.166. The van der Waals surface area contributed by atoms with Gasteiger partial charge in [0, 0.05) is 11.5 Å². The number of rotatable bonds is 4. The summed E-state index contributed by atoms with van der Waals surface area (Å²) in [7, 11) is 0. The highest BCUT2D eigenvalue weighted by molar-refractivity contribution is 5.85. The molecule has 1 fully saturated rings. The summed E-state index contributed by atoms with van der Waals surface area (Å²) < 4.78 is 5.21. The Bertz CT molecular complexity index is 462. The summed E-state index contributed by atoms with van der Waals surface area (Å²) in [4.78, 5) is 24.2. The van der Waals surface area contributed by atoms with E-state index in [2.05, 4.69) is 17.2 Å². The number of aliphatic hydroxyl groups is 1. The van der Waals surface area contributed by atoms with Crippen molar-refractivity contribution >= 4 is 12.0 Å². The zero-order chi connectivity index (χ0) is 17.3. The predicted molar refractivity (Wildman–Crippen MR) is 84.3 cm³/mol. The molecule has 2 amide bonds. The van der Waals surface area contributed by atoms with Crippen LogP contribution in [-0.2, 0) is 9.53 Å². The van der Waals surface area contributed by atoms with Crippen LogP contribution in [0.5, 0.6) is 0 Å². The molecule has 0 radical (unpaired) electrons. The van der Waals surface area contributed by atoms with Crippen molar-refractivity contribution in [2.75, 3.05) is 0 Å². The average Bonchev–Trinajstić information content (AvgIpc) is 2.97. The Labute approximate surface area is 132 Å². The van der Waals surface area contributed by atoms with Crippen LogP contribution in [0.4, 0.5) is 4.79 Å². The highest BCUT2D eigenvalue weighted by Crippen LogP contribution is 2.47. The molecule has 1 saturated carbocycles. The van der Waals surface area contributed by atoms with Crippen LogP contribution in [0.3, 0.4) is 0 Å². The largest absolute Gasteiger partial charge is 0.444 e. The summed E-state index contributed by atoms with van der Waals surface area (Å²) in [5.74, 6) is -0.686. The van der Waals surface area contributed by atoms with Crippen LogP contribution in [0.15, 0.2) is 12.7 Å². The molecule has 0 bridgehead atoms. The zero-order valence-electron chi connectivity index (χ0n) is 14.3. The highest BCUT2D eigenvalue weighted by Gasteiger charge is 2.61. The van der Waals surface area contributed by atoms with E-state index in [1.807, 2.05) is 20.8 Å². The molecule has 0 aliphatic heterocycles. The first kappa shape index (κ1) is 18.5. The minimum Gasteiger partial charge on any atom is -0.444 e. The molecule has 0 saturated heterocycles. The molecule has 0 aromatic heterocycles. The fourth-order valence-electron chi connectivity index (χ4n) is 2.29. The van der Waals surface area contributed by atoms with Gasteiger partial charge in [0.2, 0.25) is 0 Å². The van der Waals surface area contributed by atoms with Crippen LogP contribution in [0.25, 0.3) is 0 Å². The fourth-order valence-corrected chi connectivity index (χ4v) is 2.29. The second kappa shape index (κ2) is 5.91. The predicted octanol–water partition coefficient (Wildman–Crippen LogP) is 1.73. The first-order valence-electron chi connectivity index (χ1n) is 7.44. The van der Waals surface area contributed by atoms with Crippen molar-refractivity contribution in [1.82, 2.24) is 10.6 Å². The number of hydrogen-bond donors (Lipinski definition) is 3. The Morgan fingerprint density at radius 1 is 1.32 bits per heavy atom. The number of carbonyl (C=O) groups is 2. The van der Waals surface area contributed by atoms with Gasteiger partial charge in [-0.1, -0.05) is 6.08 Å². The van der Waals surface area contributed by atoms with Crippen LogP contribution in [0.2, 0.25) is 0 Å². The molecule has 1 unspecified atom stereocenters. The maximum Gasteiger partial charge on any atom is 0.408 e. The van der Waals surface area contributed by atoms with E-state index in [4.69, 9.17) is 4.74 Å². The number of nitrogens with one attached hydrogen (secondary N) is 2. The minimum atomic E-state index is -1.36. The number of ether oxygens (including phenoxy) is 1. The lowest BCUT2D eigenvalue weighted by molar-refractivity contribution is -0.133. The normalized spacial score (nSPS) is 25.9. The van der Waals surface area contributed by atoms with E-state index in [9.17, 15) is 14.7 Å². The Hall–Kier alpha value is -1.56. The first-order chi connectivity index (χ1) is 9.81. The SMILES string of the molecule is C=C[C@@H]1C[C@]1(NC(=O)OC(C)(C)C)C(O)C(=O)NC(C)(C)C. The molecule has 6 heteroatoms. The van der Waals surface area contributed by atoms with Gasteiger partial charge in [-0.2, -0.15) is 0 Å². The van der Waals surface area contributed by atoms with E-state index >= 15 is 0 Å². The molecule has 1 aliphatic carbocycles. The van der Waals surface area contributed by atoms with Gasteiger partial charge in [-0.05, 0) is 48.0 Å². The molecule has 22 heavy (non-hydrogen) atoms. The fraction of sp³-hybridized carbons (Fsp3) is 0.750. The standard InChI is InChI=1S/C16H28N2O4/c1-8-10-9-16(10,18-13(21)22-15(5,6)7)11(19)12(20)17-14(2,3)4/h8,10-11,19H,1,9H2,2-7H3,(H,17,20)(H,18,21)/t10-,11?,16-/m1/s1. The van der Waals surface area contributed by atoms with Crippen LogP contribution in [-0.4, -0.2) is 39.9 Å². The summed E-state index contributed by atoms with van der Waals surface area (Å²) in [5.41, 5.74) is -2.16. The molecule has 3 atom stereocenters. The summed E-state index contributed by atoms with van der Waals surface area (Å²) >= 11 is 0. The van der Waals surface area contributed by atoms with E-state index in [-0.39, 0.29) is 5.92 Å². The van der Waals surface area contributed by atoms with Gasteiger partial charge in [0.15, 0.2) is 6.10 Å². The lowest BCUT2D eigenvalue weighted by Crippen LogP contribution is -2.57. The van der Waals surface area contributed by atoms with E-state index in [0.29, 0.717) is 6.42 Å². The van der Waals surface area contributed by atoms with Crippen molar-refractivity contribution in [3.05, 3.63) is 12.7 Å². The third-order valence-corrected chi connectivity index (χ3v) is 3.31. The number of carbonyl (C=O) groups excluding carboxylic acids is 2. The van der Waals surface area contributed by atoms with Crippen molar-refractivity contribution in [2.24, 2.45) is 5.92 Å². The quantitative estimate of drug-likeness (QED) is 0.690. The maximum absolute atomic E-state index is 12.2. The molecule has 1 rings (SSSR count). The first-order valence-corrected chi connectivity index (χ1v) is 7.44. The van der Waals surface area contributed by atoms with Crippen molar-refractivity contribution in [3.63, 3.8) is 0 Å². The second-order valence-corrected chi connectivity index (χ2v) is 7.86. The number of amides is 2. The average molecular weight is 312 g/mol. The number of hydrogen-bond acceptors (Lipinski definition) is 4. The van der Waals surface area contributed by atoms with Crippen LogP contribution in [0, 0.1) is 5.92 Å². The number of aliphatic hydroxyl groups excluding tert-OH is 1.